The number of anilines is 1. The Balaban J connectivity index is 1.67. The van der Waals surface area contributed by atoms with Gasteiger partial charge in [0.15, 0.2) is 0 Å². The van der Waals surface area contributed by atoms with Gasteiger partial charge in [0.1, 0.15) is 11.8 Å². The van der Waals surface area contributed by atoms with E-state index in [0.717, 1.165) is 28.7 Å². The minimum atomic E-state index is -0.733. The summed E-state index contributed by atoms with van der Waals surface area (Å²) < 4.78 is 4.99. The zero-order valence-electron chi connectivity index (χ0n) is 16.3. The van der Waals surface area contributed by atoms with Crippen molar-refractivity contribution in [3.05, 3.63) is 70.3 Å². The first-order valence-corrected chi connectivity index (χ1v) is 9.02. The number of rotatable bonds is 7. The van der Waals surface area contributed by atoms with Gasteiger partial charge in [-0.2, -0.15) is 5.10 Å². The van der Waals surface area contributed by atoms with Gasteiger partial charge in [0.25, 0.3) is 5.91 Å². The van der Waals surface area contributed by atoms with E-state index in [4.69, 9.17) is 4.74 Å². The third kappa shape index (κ3) is 4.64. The second-order valence-electron chi connectivity index (χ2n) is 6.50. The molecule has 0 radical (unpaired) electrons. The predicted octanol–water partition coefficient (Wildman–Crippen LogP) is 3.41. The molecule has 1 amide bonds. The minimum absolute atomic E-state index is 0.0384. The number of phenolic OH excluding ortho intramolecular Hbond substituents is 1. The van der Waals surface area contributed by atoms with Crippen LogP contribution in [0.25, 0.3) is 10.8 Å². The monoisotopic (exact) mass is 408 g/mol. The molecule has 0 fully saturated rings. The first-order chi connectivity index (χ1) is 14.4. The van der Waals surface area contributed by atoms with E-state index < -0.39 is 28.3 Å². The Morgan fingerprint density at radius 1 is 1.20 bits per heavy atom. The highest BCUT2D eigenvalue weighted by Crippen LogP contribution is 2.33. The topological polar surface area (TPSA) is 126 Å². The fourth-order valence-electron chi connectivity index (χ4n) is 2.83. The van der Waals surface area contributed by atoms with Crippen molar-refractivity contribution in [1.82, 2.24) is 5.43 Å². The maximum atomic E-state index is 12.3. The molecule has 0 heterocycles. The number of hydrazone groups is 1. The molecule has 30 heavy (non-hydrogen) atoms. The maximum Gasteiger partial charge on any atom is 0.315 e. The van der Waals surface area contributed by atoms with E-state index in [1.165, 1.54) is 13.2 Å². The molecule has 9 heteroatoms. The van der Waals surface area contributed by atoms with E-state index in [0.29, 0.717) is 0 Å². The molecular formula is C21H20N4O5. The lowest BCUT2D eigenvalue weighted by atomic mass is 10.1. The second kappa shape index (κ2) is 8.91. The number of methoxy groups -OCH3 is 1. The molecule has 0 aliphatic carbocycles. The van der Waals surface area contributed by atoms with Gasteiger partial charge < -0.3 is 15.2 Å². The van der Waals surface area contributed by atoms with E-state index in [1.54, 1.807) is 6.92 Å². The van der Waals surface area contributed by atoms with Crippen molar-refractivity contribution in [2.24, 2.45) is 5.10 Å². The van der Waals surface area contributed by atoms with Crippen molar-refractivity contribution >= 4 is 34.3 Å². The van der Waals surface area contributed by atoms with Crippen LogP contribution in [0.3, 0.4) is 0 Å². The summed E-state index contributed by atoms with van der Waals surface area (Å²) in [4.78, 5) is 22.6. The molecular weight excluding hydrogens is 388 g/mol. The lowest BCUT2D eigenvalue weighted by Crippen LogP contribution is -2.34. The third-order valence-electron chi connectivity index (χ3n) is 4.43. The first kappa shape index (κ1) is 20.6. The SMILES string of the molecule is COc1cc(/C=N\NC(=O)[C@@H](C)Nc2ccc3ccccc3c2)c(O)c([N+](=O)[O-])c1. The molecule has 0 unspecified atom stereocenters. The van der Waals surface area contributed by atoms with Gasteiger partial charge in [-0.25, -0.2) is 5.43 Å². The van der Waals surface area contributed by atoms with Crippen LogP contribution in [-0.2, 0) is 4.79 Å². The van der Waals surface area contributed by atoms with Gasteiger partial charge in [-0.3, -0.25) is 14.9 Å². The summed E-state index contributed by atoms with van der Waals surface area (Å²) in [5.41, 5.74) is 2.65. The average molecular weight is 408 g/mol. The molecule has 0 aliphatic rings. The number of aromatic hydroxyl groups is 1. The van der Waals surface area contributed by atoms with Gasteiger partial charge in [-0.05, 0) is 35.9 Å². The third-order valence-corrected chi connectivity index (χ3v) is 4.43. The van der Waals surface area contributed by atoms with Crippen LogP contribution in [0.2, 0.25) is 0 Å². The van der Waals surface area contributed by atoms with Crippen molar-refractivity contribution in [1.29, 1.82) is 0 Å². The van der Waals surface area contributed by atoms with Crippen LogP contribution >= 0.6 is 0 Å². The summed E-state index contributed by atoms with van der Waals surface area (Å²) in [5, 5.41) is 30.1. The smallest absolute Gasteiger partial charge is 0.315 e. The molecule has 0 saturated carbocycles. The zero-order chi connectivity index (χ0) is 21.7. The Morgan fingerprint density at radius 3 is 2.63 bits per heavy atom. The van der Waals surface area contributed by atoms with Crippen molar-refractivity contribution in [2.75, 3.05) is 12.4 Å². The molecule has 3 aromatic carbocycles. The van der Waals surface area contributed by atoms with Crippen molar-refractivity contribution < 1.29 is 19.6 Å². The molecule has 0 bridgehead atoms. The minimum Gasteiger partial charge on any atom is -0.502 e. The van der Waals surface area contributed by atoms with Gasteiger partial charge in [-0.1, -0.05) is 30.3 Å². The van der Waals surface area contributed by atoms with Crippen molar-refractivity contribution in [2.45, 2.75) is 13.0 Å². The molecule has 0 spiro atoms. The molecule has 0 aliphatic heterocycles. The first-order valence-electron chi connectivity index (χ1n) is 9.02. The van der Waals surface area contributed by atoms with Crippen molar-refractivity contribution in [3.63, 3.8) is 0 Å². The highest BCUT2D eigenvalue weighted by atomic mass is 16.6. The van der Waals surface area contributed by atoms with Gasteiger partial charge >= 0.3 is 5.69 Å². The lowest BCUT2D eigenvalue weighted by Gasteiger charge is -2.14. The van der Waals surface area contributed by atoms with Gasteiger partial charge in [-0.15, -0.1) is 0 Å². The van der Waals surface area contributed by atoms with E-state index in [9.17, 15) is 20.0 Å². The summed E-state index contributed by atoms with van der Waals surface area (Å²) in [5.74, 6) is -0.809. The number of nitro groups is 1. The maximum absolute atomic E-state index is 12.3. The number of amides is 1. The van der Waals surface area contributed by atoms with Crippen LogP contribution in [-0.4, -0.2) is 35.3 Å². The molecule has 9 nitrogen and oxygen atoms in total. The van der Waals surface area contributed by atoms with Gasteiger partial charge in [0.05, 0.1) is 24.3 Å². The van der Waals surface area contributed by atoms with Crippen LogP contribution in [0, 0.1) is 10.1 Å². The quantitative estimate of drug-likeness (QED) is 0.312. The Hall–Kier alpha value is -4.14. The number of hydrogen-bond donors (Lipinski definition) is 3. The largest absolute Gasteiger partial charge is 0.502 e. The highest BCUT2D eigenvalue weighted by molar-refractivity contribution is 5.90. The summed E-state index contributed by atoms with van der Waals surface area (Å²) in [6.07, 6.45) is 1.12. The molecule has 3 aromatic rings. The number of nitrogens with zero attached hydrogens (tertiary/aromatic N) is 2. The number of ether oxygens (including phenoxy) is 1. The Morgan fingerprint density at radius 2 is 1.93 bits per heavy atom. The molecule has 3 N–H and O–H groups in total. The molecule has 1 atom stereocenters. The van der Waals surface area contributed by atoms with Crippen LogP contribution in [0.5, 0.6) is 11.5 Å². The number of carbonyl (C=O) groups excluding carboxylic acids is 1. The molecule has 154 valence electrons. The fourth-order valence-corrected chi connectivity index (χ4v) is 2.83. The fraction of sp³-hybridized carbons (Fsp3) is 0.143. The number of nitro benzene ring substituents is 1. The Kier molecular flexibility index (Phi) is 6.11. The van der Waals surface area contributed by atoms with E-state index in [1.807, 2.05) is 42.5 Å². The van der Waals surface area contributed by atoms with Gasteiger partial charge in [0.2, 0.25) is 5.75 Å². The number of phenols is 1. The van der Waals surface area contributed by atoms with E-state index in [2.05, 4.69) is 15.8 Å². The van der Waals surface area contributed by atoms with Crippen molar-refractivity contribution in [3.8, 4) is 11.5 Å². The summed E-state index contributed by atoms with van der Waals surface area (Å²) in [6.45, 7) is 1.67. The normalized spacial score (nSPS) is 11.9. The van der Waals surface area contributed by atoms with E-state index in [-0.39, 0.29) is 11.3 Å². The zero-order valence-corrected chi connectivity index (χ0v) is 16.3. The van der Waals surface area contributed by atoms with E-state index >= 15 is 0 Å². The Labute approximate surface area is 172 Å². The standard InChI is InChI=1S/C21H20N4O5/c1-13(23-17-8-7-14-5-3-4-6-15(14)9-17)21(27)24-22-12-16-10-18(30-2)11-19(20(16)26)25(28)29/h3-13,23,26H,1-2H3,(H,24,27)/b22-12-/t13-/m1/s1. The number of carbonyl (C=O) groups is 1. The Bertz CT molecular complexity index is 1130. The second-order valence-corrected chi connectivity index (χ2v) is 6.50. The molecule has 3 rings (SSSR count). The number of nitrogens with one attached hydrogen (secondary N) is 2. The molecule has 0 saturated heterocycles. The summed E-state index contributed by atoms with van der Waals surface area (Å²) >= 11 is 0. The summed E-state index contributed by atoms with van der Waals surface area (Å²) in [6, 6.07) is 15.5. The highest BCUT2D eigenvalue weighted by Gasteiger charge is 2.19. The molecule has 0 aromatic heterocycles. The van der Waals surface area contributed by atoms with Crippen LogP contribution in [0.4, 0.5) is 11.4 Å². The number of hydrogen-bond acceptors (Lipinski definition) is 7. The predicted molar refractivity (Wildman–Crippen MR) is 114 cm³/mol. The number of benzene rings is 3. The summed E-state index contributed by atoms with van der Waals surface area (Å²) in [7, 11) is 1.35. The number of fused-ring (bicyclic) bond motifs is 1. The lowest BCUT2D eigenvalue weighted by molar-refractivity contribution is -0.385. The van der Waals surface area contributed by atoms with Gasteiger partial charge in [0, 0.05) is 11.3 Å². The van der Waals surface area contributed by atoms with Crippen LogP contribution < -0.4 is 15.5 Å². The van der Waals surface area contributed by atoms with Crippen LogP contribution in [0.15, 0.2) is 59.7 Å². The van der Waals surface area contributed by atoms with Crippen LogP contribution in [0.1, 0.15) is 12.5 Å². The average Bonchev–Trinajstić information content (AvgIpc) is 2.74.